The monoisotopic (exact) mass is 361 g/mol. The molecule has 0 saturated heterocycles. The van der Waals surface area contributed by atoms with Crippen LogP contribution in [0.4, 0.5) is 0 Å². The minimum Gasteiger partial charge on any atom is -0.376 e. The second-order valence-corrected chi connectivity index (χ2v) is 5.43. The van der Waals surface area contributed by atoms with Crippen molar-refractivity contribution in [1.29, 1.82) is 0 Å². The van der Waals surface area contributed by atoms with E-state index < -0.39 is 5.91 Å². The van der Waals surface area contributed by atoms with Gasteiger partial charge in [-0.1, -0.05) is 46.3 Å². The van der Waals surface area contributed by atoms with E-state index in [0.29, 0.717) is 22.0 Å². The van der Waals surface area contributed by atoms with Gasteiger partial charge >= 0.3 is 0 Å². The molecule has 0 aliphatic heterocycles. The third kappa shape index (κ3) is 3.61. The number of primary amides is 1. The molecule has 22 heavy (non-hydrogen) atoms. The molecule has 4 nitrogen and oxygen atoms in total. The molecule has 0 radical (unpaired) electrons. The van der Waals surface area contributed by atoms with Crippen molar-refractivity contribution < 1.29 is 14.3 Å². The fraction of sp³-hybridized carbons (Fsp3) is 0.176. The number of methoxy groups -OCH3 is 1. The second kappa shape index (κ2) is 7.33. The first-order valence-corrected chi connectivity index (χ1v) is 7.82. The zero-order valence-electron chi connectivity index (χ0n) is 12.1. The molecule has 0 aromatic heterocycles. The summed E-state index contributed by atoms with van der Waals surface area (Å²) in [7, 11) is 1.57. The minimum absolute atomic E-state index is 0.158. The van der Waals surface area contributed by atoms with E-state index in [1.165, 1.54) is 6.07 Å². The Labute approximate surface area is 137 Å². The summed E-state index contributed by atoms with van der Waals surface area (Å²) in [6, 6.07) is 13.8. The lowest BCUT2D eigenvalue weighted by atomic mass is 9.96. The van der Waals surface area contributed by atoms with Gasteiger partial charge in [0.2, 0.25) is 5.91 Å². The molecule has 2 N–H and O–H groups in total. The first-order chi connectivity index (χ1) is 10.6. The van der Waals surface area contributed by atoms with Crippen molar-refractivity contribution in [2.24, 2.45) is 5.73 Å². The van der Waals surface area contributed by atoms with Crippen molar-refractivity contribution in [2.45, 2.75) is 6.10 Å². The molecule has 2 rings (SSSR count). The molecule has 1 unspecified atom stereocenters. The molecule has 1 amide bonds. The van der Waals surface area contributed by atoms with Gasteiger partial charge in [-0.15, -0.1) is 0 Å². The van der Waals surface area contributed by atoms with Crippen molar-refractivity contribution in [3.8, 4) is 0 Å². The molecule has 2 aromatic carbocycles. The smallest absolute Gasteiger partial charge is 0.248 e. The van der Waals surface area contributed by atoms with Gasteiger partial charge in [0.1, 0.15) is 0 Å². The van der Waals surface area contributed by atoms with E-state index in [1.807, 2.05) is 6.07 Å². The highest BCUT2D eigenvalue weighted by Crippen LogP contribution is 2.23. The number of carbonyl (C=O) groups excluding carboxylic acids is 2. The average Bonchev–Trinajstić information content (AvgIpc) is 2.56. The van der Waals surface area contributed by atoms with Crippen LogP contribution in [0.5, 0.6) is 0 Å². The highest BCUT2D eigenvalue weighted by atomic mass is 79.9. The van der Waals surface area contributed by atoms with E-state index in [-0.39, 0.29) is 11.9 Å². The van der Waals surface area contributed by atoms with Crippen molar-refractivity contribution >= 4 is 27.6 Å². The maximum absolute atomic E-state index is 12.6. The Bertz CT molecular complexity index is 682. The fourth-order valence-electron chi connectivity index (χ4n) is 2.16. The van der Waals surface area contributed by atoms with Crippen LogP contribution in [0.1, 0.15) is 37.9 Å². The maximum Gasteiger partial charge on any atom is 0.248 e. The zero-order valence-corrected chi connectivity index (χ0v) is 13.7. The van der Waals surface area contributed by atoms with Gasteiger partial charge in [0.15, 0.2) is 5.78 Å². The van der Waals surface area contributed by atoms with E-state index in [1.54, 1.807) is 43.5 Å². The molecule has 0 spiro atoms. The number of alkyl halides is 1. The third-order valence-electron chi connectivity index (χ3n) is 3.33. The first kappa shape index (κ1) is 16.4. The SMILES string of the molecule is COC(CBr)c1cc(C(N)=O)cc(C(=O)c2ccccc2)c1. The third-order valence-corrected chi connectivity index (χ3v) is 3.92. The Kier molecular flexibility index (Phi) is 5.46. The van der Waals surface area contributed by atoms with Crippen LogP contribution < -0.4 is 5.73 Å². The average molecular weight is 362 g/mol. The normalized spacial score (nSPS) is 11.9. The Hall–Kier alpha value is -1.98. The van der Waals surface area contributed by atoms with Crippen LogP contribution in [-0.2, 0) is 4.74 Å². The highest BCUT2D eigenvalue weighted by molar-refractivity contribution is 9.09. The van der Waals surface area contributed by atoms with Gasteiger partial charge in [0.05, 0.1) is 6.10 Å². The lowest BCUT2D eigenvalue weighted by Gasteiger charge is -2.15. The number of nitrogens with two attached hydrogens (primary N) is 1. The highest BCUT2D eigenvalue weighted by Gasteiger charge is 2.17. The zero-order chi connectivity index (χ0) is 16.1. The number of hydrogen-bond donors (Lipinski definition) is 1. The summed E-state index contributed by atoms with van der Waals surface area (Å²) in [5.41, 5.74) is 7.37. The van der Waals surface area contributed by atoms with E-state index in [4.69, 9.17) is 10.5 Å². The summed E-state index contributed by atoms with van der Waals surface area (Å²) in [4.78, 5) is 24.1. The predicted molar refractivity (Wildman–Crippen MR) is 88.4 cm³/mol. The summed E-state index contributed by atoms with van der Waals surface area (Å²) in [6.45, 7) is 0. The van der Waals surface area contributed by atoms with Gasteiger partial charge in [-0.25, -0.2) is 0 Å². The lowest BCUT2D eigenvalue weighted by molar-refractivity contribution is 0.0999. The van der Waals surface area contributed by atoms with Crippen molar-refractivity contribution in [3.05, 3.63) is 70.8 Å². The number of benzene rings is 2. The van der Waals surface area contributed by atoms with Crippen molar-refractivity contribution in [3.63, 3.8) is 0 Å². The summed E-state index contributed by atoms with van der Waals surface area (Å²) in [5.74, 6) is -0.734. The van der Waals surface area contributed by atoms with E-state index in [0.717, 1.165) is 5.56 Å². The van der Waals surface area contributed by atoms with Crippen LogP contribution in [-0.4, -0.2) is 24.1 Å². The summed E-state index contributed by atoms with van der Waals surface area (Å²) < 4.78 is 5.35. The van der Waals surface area contributed by atoms with Crippen LogP contribution in [0.3, 0.4) is 0 Å². The molecule has 0 fully saturated rings. The number of hydrogen-bond acceptors (Lipinski definition) is 3. The number of halogens is 1. The van der Waals surface area contributed by atoms with Gasteiger partial charge in [-0.2, -0.15) is 0 Å². The molecule has 1 atom stereocenters. The van der Waals surface area contributed by atoms with E-state index in [2.05, 4.69) is 15.9 Å². The molecule has 0 saturated carbocycles. The number of ether oxygens (including phenoxy) is 1. The van der Waals surface area contributed by atoms with E-state index in [9.17, 15) is 9.59 Å². The van der Waals surface area contributed by atoms with Crippen LogP contribution in [0, 0.1) is 0 Å². The number of carbonyl (C=O) groups is 2. The number of rotatable bonds is 6. The minimum atomic E-state index is -0.576. The lowest BCUT2D eigenvalue weighted by Crippen LogP contribution is -2.15. The molecule has 114 valence electrons. The Morgan fingerprint density at radius 1 is 1.09 bits per heavy atom. The summed E-state index contributed by atoms with van der Waals surface area (Å²) >= 11 is 3.35. The molecule has 5 heteroatoms. The number of amides is 1. The van der Waals surface area contributed by atoms with Crippen LogP contribution in [0.25, 0.3) is 0 Å². The van der Waals surface area contributed by atoms with Crippen molar-refractivity contribution in [2.75, 3.05) is 12.4 Å². The Balaban J connectivity index is 2.51. The van der Waals surface area contributed by atoms with Gasteiger partial charge < -0.3 is 10.5 Å². The molecule has 0 heterocycles. The summed E-state index contributed by atoms with van der Waals surface area (Å²) in [5, 5.41) is 0.546. The van der Waals surface area contributed by atoms with Gasteiger partial charge in [-0.3, -0.25) is 9.59 Å². The van der Waals surface area contributed by atoms with Crippen LogP contribution in [0.15, 0.2) is 48.5 Å². The molecular weight excluding hydrogens is 346 g/mol. The molecule has 0 aliphatic carbocycles. The Morgan fingerprint density at radius 3 is 2.27 bits per heavy atom. The van der Waals surface area contributed by atoms with Crippen molar-refractivity contribution in [1.82, 2.24) is 0 Å². The van der Waals surface area contributed by atoms with Gasteiger partial charge in [-0.05, 0) is 23.8 Å². The quantitative estimate of drug-likeness (QED) is 0.634. The van der Waals surface area contributed by atoms with E-state index >= 15 is 0 Å². The standard InChI is InChI=1S/C17H16BrNO3/c1-22-15(10-18)12-7-13(9-14(8-12)17(19)21)16(20)11-5-3-2-4-6-11/h2-9,15H,10H2,1H3,(H2,19,21). The van der Waals surface area contributed by atoms with Gasteiger partial charge in [0, 0.05) is 29.1 Å². The molecular formula is C17H16BrNO3. The van der Waals surface area contributed by atoms with Gasteiger partial charge in [0.25, 0.3) is 0 Å². The van der Waals surface area contributed by atoms with Crippen LogP contribution >= 0.6 is 15.9 Å². The molecule has 0 aliphatic rings. The maximum atomic E-state index is 12.6. The largest absolute Gasteiger partial charge is 0.376 e. The summed E-state index contributed by atoms with van der Waals surface area (Å²) in [6.07, 6.45) is -0.262. The number of ketones is 1. The predicted octanol–water partition coefficient (Wildman–Crippen LogP) is 3.10. The second-order valence-electron chi connectivity index (χ2n) is 4.78. The Morgan fingerprint density at radius 2 is 1.73 bits per heavy atom. The molecule has 2 aromatic rings. The first-order valence-electron chi connectivity index (χ1n) is 6.70. The van der Waals surface area contributed by atoms with Crippen LogP contribution in [0.2, 0.25) is 0 Å². The topological polar surface area (TPSA) is 69.4 Å². The fourth-order valence-corrected chi connectivity index (χ4v) is 2.79. The molecule has 0 bridgehead atoms.